The van der Waals surface area contributed by atoms with Gasteiger partial charge < -0.3 is 9.84 Å². The van der Waals surface area contributed by atoms with Crippen molar-refractivity contribution in [2.75, 3.05) is 7.11 Å². The van der Waals surface area contributed by atoms with Gasteiger partial charge in [-0.2, -0.15) is 5.10 Å². The first-order valence-electron chi connectivity index (χ1n) is 6.40. The minimum absolute atomic E-state index is 0.173. The molecular weight excluding hydrogens is 230 g/mol. The van der Waals surface area contributed by atoms with E-state index in [1.165, 1.54) is 0 Å². The zero-order valence-electron chi connectivity index (χ0n) is 11.2. The minimum atomic E-state index is -0.173. The van der Waals surface area contributed by atoms with Crippen molar-refractivity contribution in [3.63, 3.8) is 0 Å². The van der Waals surface area contributed by atoms with Gasteiger partial charge in [-0.1, -0.05) is 0 Å². The predicted molar refractivity (Wildman–Crippen MR) is 68.3 cm³/mol. The van der Waals surface area contributed by atoms with Gasteiger partial charge in [0.25, 0.3) is 0 Å². The summed E-state index contributed by atoms with van der Waals surface area (Å²) in [5.41, 5.74) is 0.936. The molecule has 1 aliphatic rings. The second kappa shape index (κ2) is 5.63. The molecule has 0 aliphatic carbocycles. The Balaban J connectivity index is 2.03. The Morgan fingerprint density at radius 3 is 2.44 bits per heavy atom. The summed E-state index contributed by atoms with van der Waals surface area (Å²) in [6.45, 7) is 5.07. The molecule has 1 aliphatic heterocycles. The van der Waals surface area contributed by atoms with Gasteiger partial charge in [0.2, 0.25) is 5.88 Å². The van der Waals surface area contributed by atoms with Crippen LogP contribution in [0.5, 0.6) is 5.88 Å². The Bertz CT molecular complexity index is 370. The highest BCUT2D eigenvalue weighted by Gasteiger charge is 2.29. The average Bonchev–Trinajstić information content (AvgIpc) is 2.34. The van der Waals surface area contributed by atoms with Crippen molar-refractivity contribution in [1.82, 2.24) is 15.1 Å². The lowest BCUT2D eigenvalue weighted by molar-refractivity contribution is 0.00782. The molecule has 2 unspecified atom stereocenters. The highest BCUT2D eigenvalue weighted by Crippen LogP contribution is 2.24. The van der Waals surface area contributed by atoms with Gasteiger partial charge >= 0.3 is 0 Å². The number of aliphatic hydroxyl groups excluding tert-OH is 1. The second-order valence-corrected chi connectivity index (χ2v) is 5.06. The number of hydrogen-bond donors (Lipinski definition) is 1. The molecule has 18 heavy (non-hydrogen) atoms. The third-order valence-electron chi connectivity index (χ3n) is 3.61. The van der Waals surface area contributed by atoms with Crippen LogP contribution in [0.2, 0.25) is 0 Å². The van der Waals surface area contributed by atoms with E-state index < -0.39 is 0 Å². The zero-order valence-corrected chi connectivity index (χ0v) is 11.2. The van der Waals surface area contributed by atoms with Gasteiger partial charge in [-0.15, -0.1) is 5.10 Å². The standard InChI is InChI=1S/C13H21N3O2/c1-9-6-12(17)7-10(2)16(9)8-11-4-5-13(18-3)15-14-11/h4-5,9-10,12,17H,6-8H2,1-3H3. The van der Waals surface area contributed by atoms with E-state index in [1.807, 2.05) is 12.1 Å². The number of nitrogens with zero attached hydrogens (tertiary/aromatic N) is 3. The average molecular weight is 251 g/mol. The molecule has 1 fully saturated rings. The van der Waals surface area contributed by atoms with Crippen LogP contribution in [-0.2, 0) is 6.54 Å². The van der Waals surface area contributed by atoms with E-state index in [-0.39, 0.29) is 6.10 Å². The summed E-state index contributed by atoms with van der Waals surface area (Å²) in [7, 11) is 1.58. The van der Waals surface area contributed by atoms with E-state index in [9.17, 15) is 5.11 Å². The van der Waals surface area contributed by atoms with Crippen LogP contribution in [-0.4, -0.2) is 45.5 Å². The summed E-state index contributed by atoms with van der Waals surface area (Å²) in [4.78, 5) is 2.36. The van der Waals surface area contributed by atoms with E-state index in [2.05, 4.69) is 28.9 Å². The zero-order chi connectivity index (χ0) is 13.1. The molecule has 100 valence electrons. The van der Waals surface area contributed by atoms with Gasteiger partial charge in [-0.3, -0.25) is 4.90 Å². The quantitative estimate of drug-likeness (QED) is 0.875. The first-order valence-corrected chi connectivity index (χ1v) is 6.40. The van der Waals surface area contributed by atoms with E-state index in [1.54, 1.807) is 7.11 Å². The van der Waals surface area contributed by atoms with Crippen molar-refractivity contribution in [1.29, 1.82) is 0 Å². The molecule has 1 saturated heterocycles. The maximum absolute atomic E-state index is 9.73. The maximum atomic E-state index is 9.73. The largest absolute Gasteiger partial charge is 0.480 e. The number of ether oxygens (including phenoxy) is 1. The monoisotopic (exact) mass is 251 g/mol. The van der Waals surface area contributed by atoms with Crippen LogP contribution < -0.4 is 4.74 Å². The summed E-state index contributed by atoms with van der Waals surface area (Å²) >= 11 is 0. The van der Waals surface area contributed by atoms with Gasteiger partial charge in [0.1, 0.15) is 0 Å². The van der Waals surface area contributed by atoms with Crippen molar-refractivity contribution in [3.05, 3.63) is 17.8 Å². The number of likely N-dealkylation sites (tertiary alicyclic amines) is 1. The van der Waals surface area contributed by atoms with E-state index in [4.69, 9.17) is 4.74 Å². The molecule has 1 aromatic heterocycles. The van der Waals surface area contributed by atoms with Crippen molar-refractivity contribution in [2.45, 2.75) is 51.4 Å². The molecule has 0 bridgehead atoms. The molecule has 5 heteroatoms. The SMILES string of the molecule is COc1ccc(CN2C(C)CC(O)CC2C)nn1. The lowest BCUT2D eigenvalue weighted by Gasteiger charge is -2.40. The van der Waals surface area contributed by atoms with Crippen molar-refractivity contribution in [3.8, 4) is 5.88 Å². The van der Waals surface area contributed by atoms with E-state index >= 15 is 0 Å². The number of aliphatic hydroxyl groups is 1. The highest BCUT2D eigenvalue weighted by molar-refractivity contribution is 5.11. The summed E-state index contributed by atoms with van der Waals surface area (Å²) in [5.74, 6) is 0.536. The molecule has 2 atom stereocenters. The number of aromatic nitrogens is 2. The van der Waals surface area contributed by atoms with Crippen LogP contribution in [0.15, 0.2) is 12.1 Å². The Morgan fingerprint density at radius 2 is 1.94 bits per heavy atom. The topological polar surface area (TPSA) is 58.5 Å². The summed E-state index contributed by atoms with van der Waals surface area (Å²) in [5, 5.41) is 17.9. The Labute approximate surface area is 108 Å². The first-order chi connectivity index (χ1) is 8.60. The van der Waals surface area contributed by atoms with Gasteiger partial charge in [0, 0.05) is 24.7 Å². The first kappa shape index (κ1) is 13.2. The molecule has 0 saturated carbocycles. The van der Waals surface area contributed by atoms with E-state index in [0.717, 1.165) is 25.1 Å². The van der Waals surface area contributed by atoms with Crippen LogP contribution in [0, 0.1) is 0 Å². The Hall–Kier alpha value is -1.20. The molecular formula is C13H21N3O2. The fourth-order valence-corrected chi connectivity index (χ4v) is 2.63. The van der Waals surface area contributed by atoms with Gasteiger partial charge in [0.15, 0.2) is 0 Å². The summed E-state index contributed by atoms with van der Waals surface area (Å²) in [6, 6.07) is 4.51. The van der Waals surface area contributed by atoms with Crippen molar-refractivity contribution >= 4 is 0 Å². The van der Waals surface area contributed by atoms with Crippen LogP contribution >= 0.6 is 0 Å². The number of methoxy groups -OCH3 is 1. The lowest BCUT2D eigenvalue weighted by atomic mass is 9.95. The van der Waals surface area contributed by atoms with Gasteiger partial charge in [0.05, 0.1) is 18.9 Å². The fraction of sp³-hybridized carbons (Fsp3) is 0.692. The summed E-state index contributed by atoms with van der Waals surface area (Å²) in [6.07, 6.45) is 1.48. The van der Waals surface area contributed by atoms with Crippen LogP contribution in [0.3, 0.4) is 0 Å². The lowest BCUT2D eigenvalue weighted by Crippen LogP contribution is -2.47. The van der Waals surface area contributed by atoms with Gasteiger partial charge in [-0.05, 0) is 32.8 Å². The molecule has 0 amide bonds. The Kier molecular flexibility index (Phi) is 4.14. The number of piperidine rings is 1. The predicted octanol–water partition coefficient (Wildman–Crippen LogP) is 1.22. The third-order valence-corrected chi connectivity index (χ3v) is 3.61. The van der Waals surface area contributed by atoms with E-state index in [0.29, 0.717) is 18.0 Å². The summed E-state index contributed by atoms with van der Waals surface area (Å²) < 4.78 is 5.00. The highest BCUT2D eigenvalue weighted by atomic mass is 16.5. The number of rotatable bonds is 3. The molecule has 5 nitrogen and oxygen atoms in total. The smallest absolute Gasteiger partial charge is 0.233 e. The molecule has 2 heterocycles. The minimum Gasteiger partial charge on any atom is -0.480 e. The molecule has 1 aromatic rings. The van der Waals surface area contributed by atoms with Crippen LogP contribution in [0.25, 0.3) is 0 Å². The molecule has 0 spiro atoms. The van der Waals surface area contributed by atoms with Crippen molar-refractivity contribution in [2.24, 2.45) is 0 Å². The molecule has 2 rings (SSSR count). The number of hydrogen-bond acceptors (Lipinski definition) is 5. The second-order valence-electron chi connectivity index (χ2n) is 5.06. The fourth-order valence-electron chi connectivity index (χ4n) is 2.63. The molecule has 0 radical (unpaired) electrons. The Morgan fingerprint density at radius 1 is 1.28 bits per heavy atom. The van der Waals surface area contributed by atoms with Crippen LogP contribution in [0.1, 0.15) is 32.4 Å². The normalized spacial score (nSPS) is 29.2. The van der Waals surface area contributed by atoms with Crippen molar-refractivity contribution < 1.29 is 9.84 Å². The third kappa shape index (κ3) is 2.97. The van der Waals surface area contributed by atoms with Crippen LogP contribution in [0.4, 0.5) is 0 Å². The van der Waals surface area contributed by atoms with Gasteiger partial charge in [-0.25, -0.2) is 0 Å². The molecule has 0 aromatic carbocycles. The molecule has 1 N–H and O–H groups in total. The maximum Gasteiger partial charge on any atom is 0.233 e.